The standard InChI is InChI=1S/C20H25N3O4/c24-13-15-12-23(11-14(15)10-22-5-7-27-8-6-22)20(26)18-9-19(25)16-3-1-2-4-17(16)21-18/h1-4,9,14-15,24H,5-8,10-13H2,(H,21,25)/t14-,15-/m0/s1. The average Bonchev–Trinajstić information content (AvgIpc) is 3.11. The van der Waals surface area contributed by atoms with Crippen LogP contribution in [0.4, 0.5) is 0 Å². The SMILES string of the molecule is O=C(c1cc(=O)c2ccccc2[nH]1)N1C[C@@H](CO)[C@@H](CN2CCOCC2)C1. The van der Waals surface area contributed by atoms with E-state index in [9.17, 15) is 14.7 Å². The highest BCUT2D eigenvalue weighted by atomic mass is 16.5. The van der Waals surface area contributed by atoms with Crippen molar-refractivity contribution in [1.82, 2.24) is 14.8 Å². The maximum absolute atomic E-state index is 13.0. The Morgan fingerprint density at radius 3 is 2.70 bits per heavy atom. The number of amides is 1. The lowest BCUT2D eigenvalue weighted by molar-refractivity contribution is 0.0264. The van der Waals surface area contributed by atoms with E-state index in [2.05, 4.69) is 9.88 Å². The number of rotatable bonds is 4. The third kappa shape index (κ3) is 3.76. The number of carbonyl (C=O) groups excluding carboxylic acids is 1. The number of hydrogen-bond acceptors (Lipinski definition) is 5. The molecule has 4 rings (SSSR count). The van der Waals surface area contributed by atoms with Crippen LogP contribution in [0, 0.1) is 11.8 Å². The fourth-order valence-corrected chi connectivity index (χ4v) is 4.12. The number of ether oxygens (including phenoxy) is 1. The van der Waals surface area contributed by atoms with Crippen molar-refractivity contribution < 1.29 is 14.6 Å². The van der Waals surface area contributed by atoms with E-state index >= 15 is 0 Å². The number of likely N-dealkylation sites (tertiary alicyclic amines) is 1. The molecule has 2 atom stereocenters. The van der Waals surface area contributed by atoms with E-state index in [1.165, 1.54) is 6.07 Å². The van der Waals surface area contributed by atoms with Crippen LogP contribution in [0.25, 0.3) is 10.9 Å². The van der Waals surface area contributed by atoms with Gasteiger partial charge in [-0.25, -0.2) is 0 Å². The lowest BCUT2D eigenvalue weighted by Gasteiger charge is -2.30. The summed E-state index contributed by atoms with van der Waals surface area (Å²) in [6.45, 7) is 5.27. The van der Waals surface area contributed by atoms with Crippen LogP contribution in [0.1, 0.15) is 10.5 Å². The molecular formula is C20H25N3O4. The number of benzene rings is 1. The van der Waals surface area contributed by atoms with Gasteiger partial charge in [-0.15, -0.1) is 0 Å². The fourth-order valence-electron chi connectivity index (χ4n) is 4.12. The van der Waals surface area contributed by atoms with E-state index < -0.39 is 0 Å². The third-order valence-electron chi connectivity index (χ3n) is 5.66. The second kappa shape index (κ2) is 7.80. The van der Waals surface area contributed by atoms with E-state index in [1.54, 1.807) is 17.0 Å². The summed E-state index contributed by atoms with van der Waals surface area (Å²) in [6.07, 6.45) is 0. The summed E-state index contributed by atoms with van der Waals surface area (Å²) < 4.78 is 5.39. The Hall–Kier alpha value is -2.22. The molecule has 2 fully saturated rings. The molecule has 0 bridgehead atoms. The van der Waals surface area contributed by atoms with Crippen LogP contribution in [0.5, 0.6) is 0 Å². The molecular weight excluding hydrogens is 346 g/mol. The molecule has 2 aliphatic rings. The monoisotopic (exact) mass is 371 g/mol. The number of nitrogens with one attached hydrogen (secondary N) is 1. The molecule has 7 nitrogen and oxygen atoms in total. The second-order valence-corrected chi connectivity index (χ2v) is 7.42. The first-order valence-corrected chi connectivity index (χ1v) is 9.48. The summed E-state index contributed by atoms with van der Waals surface area (Å²) >= 11 is 0. The molecule has 27 heavy (non-hydrogen) atoms. The van der Waals surface area contributed by atoms with Crippen molar-refractivity contribution in [2.75, 3.05) is 52.5 Å². The smallest absolute Gasteiger partial charge is 0.270 e. The number of nitrogens with zero attached hydrogens (tertiary/aromatic N) is 2. The number of morpholine rings is 1. The van der Waals surface area contributed by atoms with Crippen LogP contribution in [-0.2, 0) is 4.74 Å². The molecule has 0 spiro atoms. The first-order chi connectivity index (χ1) is 13.2. The number of hydrogen-bond donors (Lipinski definition) is 2. The van der Waals surface area contributed by atoms with Gasteiger partial charge in [0.1, 0.15) is 5.69 Å². The van der Waals surface area contributed by atoms with Crippen molar-refractivity contribution in [3.63, 3.8) is 0 Å². The zero-order valence-electron chi connectivity index (χ0n) is 15.3. The minimum absolute atomic E-state index is 0.0592. The van der Waals surface area contributed by atoms with Gasteiger partial charge in [0.15, 0.2) is 5.43 Å². The number of pyridine rings is 1. The Labute approximate surface area is 157 Å². The average molecular weight is 371 g/mol. The van der Waals surface area contributed by atoms with Crippen molar-refractivity contribution >= 4 is 16.8 Å². The van der Waals surface area contributed by atoms with Gasteiger partial charge in [-0.1, -0.05) is 12.1 Å². The second-order valence-electron chi connectivity index (χ2n) is 7.42. The highest BCUT2D eigenvalue weighted by Crippen LogP contribution is 2.26. The van der Waals surface area contributed by atoms with E-state index in [1.807, 2.05) is 12.1 Å². The fraction of sp³-hybridized carbons (Fsp3) is 0.500. The van der Waals surface area contributed by atoms with E-state index in [-0.39, 0.29) is 29.8 Å². The topological polar surface area (TPSA) is 85.9 Å². The maximum Gasteiger partial charge on any atom is 0.270 e. The Balaban J connectivity index is 1.51. The highest BCUT2D eigenvalue weighted by Gasteiger charge is 2.36. The van der Waals surface area contributed by atoms with Crippen molar-refractivity contribution in [1.29, 1.82) is 0 Å². The molecule has 0 aliphatic carbocycles. The maximum atomic E-state index is 13.0. The largest absolute Gasteiger partial charge is 0.396 e. The normalized spacial score (nSPS) is 23.8. The summed E-state index contributed by atoms with van der Waals surface area (Å²) in [5, 5.41) is 10.4. The molecule has 2 N–H and O–H groups in total. The van der Waals surface area contributed by atoms with Gasteiger partial charge >= 0.3 is 0 Å². The molecule has 2 aromatic rings. The molecule has 1 aromatic heterocycles. The zero-order valence-corrected chi connectivity index (χ0v) is 15.3. The van der Waals surface area contributed by atoms with E-state index in [0.29, 0.717) is 29.7 Å². The van der Waals surface area contributed by atoms with Crippen LogP contribution >= 0.6 is 0 Å². The molecule has 0 saturated carbocycles. The Morgan fingerprint density at radius 1 is 1.19 bits per heavy atom. The number of aromatic amines is 1. The minimum atomic E-state index is -0.180. The summed E-state index contributed by atoms with van der Waals surface area (Å²) in [7, 11) is 0. The molecule has 7 heteroatoms. The molecule has 1 aromatic carbocycles. The van der Waals surface area contributed by atoms with Crippen LogP contribution < -0.4 is 5.43 Å². The van der Waals surface area contributed by atoms with Crippen molar-refractivity contribution in [2.24, 2.45) is 11.8 Å². The van der Waals surface area contributed by atoms with Gasteiger partial charge in [-0.05, 0) is 18.1 Å². The van der Waals surface area contributed by atoms with Crippen LogP contribution in [0.3, 0.4) is 0 Å². The number of para-hydroxylation sites is 1. The van der Waals surface area contributed by atoms with E-state index in [0.717, 1.165) is 32.8 Å². The first-order valence-electron chi connectivity index (χ1n) is 9.48. The van der Waals surface area contributed by atoms with Crippen molar-refractivity contribution in [2.45, 2.75) is 0 Å². The molecule has 2 aliphatic heterocycles. The number of aliphatic hydroxyl groups is 1. The van der Waals surface area contributed by atoms with E-state index in [4.69, 9.17) is 4.74 Å². The Morgan fingerprint density at radius 2 is 1.93 bits per heavy atom. The molecule has 0 unspecified atom stereocenters. The molecule has 1 amide bonds. The molecule has 0 radical (unpaired) electrons. The lowest BCUT2D eigenvalue weighted by atomic mass is 9.96. The number of fused-ring (bicyclic) bond motifs is 1. The summed E-state index contributed by atoms with van der Waals surface area (Å²) in [4.78, 5) is 32.5. The Kier molecular flexibility index (Phi) is 5.24. The number of aromatic nitrogens is 1. The number of aliphatic hydroxyl groups excluding tert-OH is 1. The summed E-state index contributed by atoms with van der Waals surface area (Å²) in [5.74, 6) is 0.106. The Bertz CT molecular complexity index is 875. The predicted octanol–water partition coefficient (Wildman–Crippen LogP) is 0.541. The van der Waals surface area contributed by atoms with Gasteiger partial charge in [0.2, 0.25) is 0 Å². The van der Waals surface area contributed by atoms with Crippen molar-refractivity contribution in [3.05, 3.63) is 46.2 Å². The molecule has 3 heterocycles. The van der Waals surface area contributed by atoms with Gasteiger partial charge in [0.05, 0.1) is 13.2 Å². The van der Waals surface area contributed by atoms with Crippen molar-refractivity contribution in [3.8, 4) is 0 Å². The first kappa shape index (κ1) is 18.2. The summed E-state index contributed by atoms with van der Waals surface area (Å²) in [6, 6.07) is 8.58. The van der Waals surface area contributed by atoms with Gasteiger partial charge in [0, 0.05) is 62.2 Å². The van der Waals surface area contributed by atoms with Crippen LogP contribution in [0.15, 0.2) is 35.1 Å². The lowest BCUT2D eigenvalue weighted by Crippen LogP contribution is -2.41. The van der Waals surface area contributed by atoms with Gasteiger partial charge in [-0.3, -0.25) is 14.5 Å². The quantitative estimate of drug-likeness (QED) is 0.819. The summed E-state index contributed by atoms with van der Waals surface area (Å²) in [5.41, 5.74) is 0.814. The van der Waals surface area contributed by atoms with Crippen LogP contribution in [0.2, 0.25) is 0 Å². The third-order valence-corrected chi connectivity index (χ3v) is 5.66. The zero-order chi connectivity index (χ0) is 18.8. The van der Waals surface area contributed by atoms with Crippen LogP contribution in [-0.4, -0.2) is 78.3 Å². The predicted molar refractivity (Wildman–Crippen MR) is 102 cm³/mol. The highest BCUT2D eigenvalue weighted by molar-refractivity contribution is 5.95. The molecule has 144 valence electrons. The minimum Gasteiger partial charge on any atom is -0.396 e. The van der Waals surface area contributed by atoms with Gasteiger partial charge in [-0.2, -0.15) is 0 Å². The number of H-pyrrole nitrogens is 1. The van der Waals surface area contributed by atoms with Gasteiger partial charge < -0.3 is 19.7 Å². The van der Waals surface area contributed by atoms with Gasteiger partial charge in [0.25, 0.3) is 5.91 Å². The number of carbonyl (C=O) groups is 1. The molecule has 2 saturated heterocycles.